The number of hydrogen-bond acceptors (Lipinski definition) is 4. The highest BCUT2D eigenvalue weighted by Gasteiger charge is 2.23. The highest BCUT2D eigenvalue weighted by Crippen LogP contribution is 2.32. The molecule has 0 aliphatic rings. The second kappa shape index (κ2) is 5.31. The van der Waals surface area contributed by atoms with Crippen LogP contribution in [0.15, 0.2) is 10.5 Å². The highest BCUT2D eigenvalue weighted by atomic mass is 79.9. The molecule has 0 heterocycles. The zero-order valence-electron chi connectivity index (χ0n) is 9.83. The van der Waals surface area contributed by atoms with Crippen LogP contribution in [0.5, 0.6) is 5.75 Å². The number of esters is 1. The van der Waals surface area contributed by atoms with E-state index in [4.69, 9.17) is 0 Å². The lowest BCUT2D eigenvalue weighted by Gasteiger charge is -2.11. The Kier molecular flexibility index (Phi) is 4.28. The fourth-order valence-electron chi connectivity index (χ4n) is 1.59. The topological polar surface area (TPSA) is 63.6 Å². The molecule has 1 rings (SSSR count). The number of phenols is 1. The number of ether oxygens (including phenoxy) is 1. The summed E-state index contributed by atoms with van der Waals surface area (Å²) in [6.45, 7) is 5.11. The van der Waals surface area contributed by atoms with E-state index in [1.165, 1.54) is 6.07 Å². The summed E-state index contributed by atoms with van der Waals surface area (Å²) >= 11 is 3.17. The second-order valence-electron chi connectivity index (χ2n) is 3.58. The zero-order valence-corrected chi connectivity index (χ0v) is 11.4. The summed E-state index contributed by atoms with van der Waals surface area (Å²) in [7, 11) is 0. The lowest BCUT2D eigenvalue weighted by molar-refractivity contribution is -0.137. The molecular formula is C12H13BrO4. The summed E-state index contributed by atoms with van der Waals surface area (Å²) in [4.78, 5) is 23.3. The van der Waals surface area contributed by atoms with Crippen molar-refractivity contribution in [1.82, 2.24) is 0 Å². The molecule has 0 radical (unpaired) electrons. The first-order valence-corrected chi connectivity index (χ1v) is 5.89. The predicted octanol–water partition coefficient (Wildman–Crippen LogP) is 2.52. The van der Waals surface area contributed by atoms with Crippen LogP contribution in [0.1, 0.15) is 28.4 Å². The van der Waals surface area contributed by atoms with Gasteiger partial charge in [-0.1, -0.05) is 0 Å². The van der Waals surface area contributed by atoms with Gasteiger partial charge in [0.15, 0.2) is 0 Å². The molecule has 0 aliphatic carbocycles. The number of phenolic OH excluding ortho intramolecular Hbond substituents is 1. The Balaban J connectivity index is 3.28. The van der Waals surface area contributed by atoms with Gasteiger partial charge in [-0.3, -0.25) is 4.79 Å². The molecule has 92 valence electrons. The van der Waals surface area contributed by atoms with Crippen molar-refractivity contribution >= 4 is 27.7 Å². The Bertz CT molecular complexity index is 480. The number of Topliss-reactive ketones (excluding diaryl/α,β-unsaturated/α-hetero) is 1. The summed E-state index contributed by atoms with van der Waals surface area (Å²) in [6, 6.07) is 1.43. The molecule has 5 heteroatoms. The minimum atomic E-state index is -0.878. The Hall–Kier alpha value is -1.36. The first kappa shape index (κ1) is 13.7. The maximum Gasteiger partial charge on any atom is 0.379 e. The first-order chi connectivity index (χ1) is 7.90. The molecule has 0 saturated heterocycles. The van der Waals surface area contributed by atoms with Gasteiger partial charge in [0.05, 0.1) is 11.1 Å². The second-order valence-corrected chi connectivity index (χ2v) is 4.37. The van der Waals surface area contributed by atoms with E-state index in [9.17, 15) is 14.7 Å². The van der Waals surface area contributed by atoms with Crippen LogP contribution in [0.25, 0.3) is 0 Å². The molecule has 0 saturated carbocycles. The molecule has 0 unspecified atom stereocenters. The van der Waals surface area contributed by atoms with Gasteiger partial charge >= 0.3 is 5.97 Å². The Morgan fingerprint density at radius 2 is 2.00 bits per heavy atom. The molecule has 0 fully saturated rings. The molecule has 0 aromatic heterocycles. The largest absolute Gasteiger partial charge is 0.507 e. The van der Waals surface area contributed by atoms with E-state index in [0.29, 0.717) is 15.6 Å². The van der Waals surface area contributed by atoms with Gasteiger partial charge in [0.2, 0.25) is 0 Å². The minimum Gasteiger partial charge on any atom is -0.507 e. The maximum absolute atomic E-state index is 11.9. The van der Waals surface area contributed by atoms with Gasteiger partial charge in [-0.05, 0) is 53.9 Å². The standard InChI is InChI=1S/C12H13BrO4/c1-4-17-12(16)11(15)9-6(2)5-8(14)10(13)7(9)3/h5,14H,4H2,1-3H3. The van der Waals surface area contributed by atoms with Crippen LogP contribution in [0.2, 0.25) is 0 Å². The summed E-state index contributed by atoms with van der Waals surface area (Å²) in [5.74, 6) is -1.53. The van der Waals surface area contributed by atoms with Crippen molar-refractivity contribution < 1.29 is 19.4 Å². The van der Waals surface area contributed by atoms with Crippen LogP contribution >= 0.6 is 15.9 Å². The van der Waals surface area contributed by atoms with Crippen LogP contribution in [0.3, 0.4) is 0 Å². The SMILES string of the molecule is CCOC(=O)C(=O)c1c(C)cc(O)c(Br)c1C. The van der Waals surface area contributed by atoms with Crippen LogP contribution in [-0.4, -0.2) is 23.5 Å². The summed E-state index contributed by atoms with van der Waals surface area (Å²) < 4.78 is 5.08. The highest BCUT2D eigenvalue weighted by molar-refractivity contribution is 9.10. The first-order valence-electron chi connectivity index (χ1n) is 5.10. The molecule has 0 atom stereocenters. The van der Waals surface area contributed by atoms with E-state index in [2.05, 4.69) is 20.7 Å². The molecule has 1 aromatic carbocycles. The van der Waals surface area contributed by atoms with Crippen LogP contribution < -0.4 is 0 Å². The van der Waals surface area contributed by atoms with Gasteiger partial charge < -0.3 is 9.84 Å². The van der Waals surface area contributed by atoms with Crippen molar-refractivity contribution in [1.29, 1.82) is 0 Å². The smallest absolute Gasteiger partial charge is 0.379 e. The van der Waals surface area contributed by atoms with E-state index < -0.39 is 11.8 Å². The number of ketones is 1. The molecule has 0 spiro atoms. The lowest BCUT2D eigenvalue weighted by atomic mass is 9.98. The Morgan fingerprint density at radius 3 is 2.53 bits per heavy atom. The zero-order chi connectivity index (χ0) is 13.2. The Labute approximate surface area is 108 Å². The lowest BCUT2D eigenvalue weighted by Crippen LogP contribution is -2.19. The molecular weight excluding hydrogens is 288 g/mol. The van der Waals surface area contributed by atoms with E-state index in [-0.39, 0.29) is 17.9 Å². The van der Waals surface area contributed by atoms with Crippen LogP contribution in [0.4, 0.5) is 0 Å². The van der Waals surface area contributed by atoms with Crippen molar-refractivity contribution in [3.05, 3.63) is 27.2 Å². The van der Waals surface area contributed by atoms with Crippen LogP contribution in [-0.2, 0) is 9.53 Å². The minimum absolute atomic E-state index is 0.0420. The fourth-order valence-corrected chi connectivity index (χ4v) is 1.90. The van der Waals surface area contributed by atoms with Gasteiger partial charge in [-0.25, -0.2) is 4.79 Å². The number of aromatic hydroxyl groups is 1. The number of benzene rings is 1. The Morgan fingerprint density at radius 1 is 1.41 bits per heavy atom. The molecule has 0 bridgehead atoms. The summed E-state index contributed by atoms with van der Waals surface area (Å²) in [5.41, 5.74) is 1.34. The van der Waals surface area contributed by atoms with Crippen molar-refractivity contribution in [2.24, 2.45) is 0 Å². The number of carbonyl (C=O) groups excluding carboxylic acids is 2. The third kappa shape index (κ3) is 2.66. The number of aryl methyl sites for hydroxylation is 1. The number of carbonyl (C=O) groups is 2. The number of hydrogen-bond donors (Lipinski definition) is 1. The van der Waals surface area contributed by atoms with Crippen molar-refractivity contribution in [3.63, 3.8) is 0 Å². The maximum atomic E-state index is 11.9. The van der Waals surface area contributed by atoms with Crippen molar-refractivity contribution in [2.45, 2.75) is 20.8 Å². The third-order valence-corrected chi connectivity index (χ3v) is 3.37. The predicted molar refractivity (Wildman–Crippen MR) is 66.2 cm³/mol. The fraction of sp³-hybridized carbons (Fsp3) is 0.333. The number of rotatable bonds is 3. The van der Waals surface area contributed by atoms with Gasteiger partial charge in [-0.2, -0.15) is 0 Å². The summed E-state index contributed by atoms with van der Waals surface area (Å²) in [5, 5.41) is 9.55. The van der Waals surface area contributed by atoms with Gasteiger partial charge in [0, 0.05) is 5.56 Å². The molecule has 17 heavy (non-hydrogen) atoms. The van der Waals surface area contributed by atoms with E-state index in [1.54, 1.807) is 20.8 Å². The van der Waals surface area contributed by atoms with E-state index >= 15 is 0 Å². The quantitative estimate of drug-likeness (QED) is 0.529. The van der Waals surface area contributed by atoms with Crippen molar-refractivity contribution in [3.8, 4) is 5.75 Å². The van der Waals surface area contributed by atoms with Gasteiger partial charge in [0.1, 0.15) is 5.75 Å². The molecule has 1 N–H and O–H groups in total. The molecule has 0 amide bonds. The van der Waals surface area contributed by atoms with E-state index in [1.807, 2.05) is 0 Å². The summed E-state index contributed by atoms with van der Waals surface area (Å²) in [6.07, 6.45) is 0. The number of halogens is 1. The van der Waals surface area contributed by atoms with Gasteiger partial charge in [-0.15, -0.1) is 0 Å². The normalized spacial score (nSPS) is 10.1. The van der Waals surface area contributed by atoms with Crippen LogP contribution in [0, 0.1) is 13.8 Å². The third-order valence-electron chi connectivity index (χ3n) is 2.36. The average molecular weight is 301 g/mol. The van der Waals surface area contributed by atoms with E-state index in [0.717, 1.165) is 0 Å². The van der Waals surface area contributed by atoms with Gasteiger partial charge in [0.25, 0.3) is 5.78 Å². The molecule has 1 aromatic rings. The molecule has 4 nitrogen and oxygen atoms in total. The average Bonchev–Trinajstić information content (AvgIpc) is 2.26. The monoisotopic (exact) mass is 300 g/mol. The molecule has 0 aliphatic heterocycles. The van der Waals surface area contributed by atoms with Crippen molar-refractivity contribution in [2.75, 3.05) is 6.61 Å².